The molecule has 1 fully saturated rings. The van der Waals surface area contributed by atoms with Crippen LogP contribution in [-0.4, -0.2) is 32.6 Å². The fourth-order valence-electron chi connectivity index (χ4n) is 3.55. The Kier molecular flexibility index (Phi) is 7.69. The zero-order valence-electron chi connectivity index (χ0n) is 19.4. The molecule has 3 aromatic rings. The van der Waals surface area contributed by atoms with Gasteiger partial charge in [0.1, 0.15) is 11.3 Å². The van der Waals surface area contributed by atoms with Gasteiger partial charge >= 0.3 is 11.7 Å². The van der Waals surface area contributed by atoms with Gasteiger partial charge in [0.2, 0.25) is 5.75 Å². The number of barbiturate groups is 1. The molecular formula is C23H11Br2N5O10. The molecular weight excluding hydrogens is 666 g/mol. The van der Waals surface area contributed by atoms with Crippen LogP contribution in [0.5, 0.6) is 11.5 Å². The van der Waals surface area contributed by atoms with Crippen molar-refractivity contribution >= 4 is 78.5 Å². The van der Waals surface area contributed by atoms with E-state index in [2.05, 4.69) is 31.9 Å². The molecule has 0 spiro atoms. The number of anilines is 1. The van der Waals surface area contributed by atoms with Gasteiger partial charge < -0.3 is 4.74 Å². The molecule has 0 radical (unpaired) electrons. The number of carbonyl (C=O) groups is 3. The van der Waals surface area contributed by atoms with Crippen molar-refractivity contribution < 1.29 is 33.9 Å². The van der Waals surface area contributed by atoms with Crippen molar-refractivity contribution in [2.75, 3.05) is 4.90 Å². The maximum absolute atomic E-state index is 13.3. The molecule has 3 aromatic carbocycles. The molecule has 4 amide bonds. The summed E-state index contributed by atoms with van der Waals surface area (Å²) in [6.45, 7) is 0. The van der Waals surface area contributed by atoms with E-state index in [0.29, 0.717) is 15.4 Å². The molecule has 17 heteroatoms. The molecule has 0 atom stereocenters. The van der Waals surface area contributed by atoms with Crippen molar-refractivity contribution in [3.8, 4) is 11.5 Å². The van der Waals surface area contributed by atoms with E-state index in [9.17, 15) is 44.7 Å². The molecule has 1 heterocycles. The van der Waals surface area contributed by atoms with Crippen LogP contribution in [0.15, 0.2) is 69.1 Å². The van der Waals surface area contributed by atoms with Gasteiger partial charge in [-0.15, -0.1) is 0 Å². The summed E-state index contributed by atoms with van der Waals surface area (Å²) in [6, 6.07) is 9.12. The third-order valence-electron chi connectivity index (χ3n) is 5.30. The molecule has 40 heavy (non-hydrogen) atoms. The Labute approximate surface area is 238 Å². The number of carbonyl (C=O) groups excluding carboxylic acids is 3. The number of rotatable bonds is 7. The molecule has 1 saturated heterocycles. The Hall–Kier alpha value is -5.03. The summed E-state index contributed by atoms with van der Waals surface area (Å²) in [5.74, 6) is -2.70. The number of benzene rings is 3. The highest BCUT2D eigenvalue weighted by molar-refractivity contribution is 9.11. The summed E-state index contributed by atoms with van der Waals surface area (Å²) < 4.78 is 6.36. The number of hydrogen-bond acceptors (Lipinski definition) is 10. The quantitative estimate of drug-likeness (QED) is 0.146. The van der Waals surface area contributed by atoms with Gasteiger partial charge in [0.15, 0.2) is 0 Å². The number of urea groups is 1. The largest absolute Gasteiger partial charge is 0.448 e. The number of amides is 4. The molecule has 0 unspecified atom stereocenters. The lowest BCUT2D eigenvalue weighted by Crippen LogP contribution is -2.54. The summed E-state index contributed by atoms with van der Waals surface area (Å²) in [7, 11) is 0. The van der Waals surface area contributed by atoms with Crippen molar-refractivity contribution in [2.24, 2.45) is 0 Å². The second kappa shape index (κ2) is 11.0. The lowest BCUT2D eigenvalue weighted by atomic mass is 10.1. The number of nitrogens with zero attached hydrogens (tertiary/aromatic N) is 4. The van der Waals surface area contributed by atoms with Gasteiger partial charge in [0.05, 0.1) is 31.0 Å². The monoisotopic (exact) mass is 675 g/mol. The number of nitrogens with one attached hydrogen (secondary N) is 1. The molecule has 202 valence electrons. The van der Waals surface area contributed by atoms with Crippen LogP contribution < -0.4 is 15.0 Å². The molecule has 0 aliphatic carbocycles. The minimum Gasteiger partial charge on any atom is -0.448 e. The molecule has 0 saturated carbocycles. The predicted octanol–water partition coefficient (Wildman–Crippen LogP) is 5.39. The number of non-ortho nitro benzene ring substituents is 2. The highest BCUT2D eigenvalue weighted by Crippen LogP contribution is 2.41. The first-order valence-electron chi connectivity index (χ1n) is 10.6. The number of halogens is 2. The third-order valence-corrected chi connectivity index (χ3v) is 6.35. The zero-order valence-corrected chi connectivity index (χ0v) is 22.6. The van der Waals surface area contributed by atoms with E-state index in [0.717, 1.165) is 30.3 Å². The maximum Gasteiger partial charge on any atom is 0.335 e. The summed E-state index contributed by atoms with van der Waals surface area (Å²) in [5.41, 5.74) is -2.40. The van der Waals surface area contributed by atoms with E-state index in [-0.39, 0.29) is 27.2 Å². The van der Waals surface area contributed by atoms with Crippen LogP contribution in [0, 0.1) is 30.3 Å². The Balaban J connectivity index is 1.81. The first-order valence-corrected chi connectivity index (χ1v) is 12.2. The Bertz CT molecular complexity index is 1690. The SMILES string of the molecule is O=C1NC(=O)N(c2cccc([N+](=O)[O-])c2)C(=O)/C1=C/c1cc(Br)cc(Br)c1Oc1ccc([N+](=O)[O-])cc1[N+](=O)[O-]. The van der Waals surface area contributed by atoms with Crippen LogP contribution in [0.25, 0.3) is 6.08 Å². The molecule has 15 nitrogen and oxygen atoms in total. The summed E-state index contributed by atoms with van der Waals surface area (Å²) in [4.78, 5) is 70.4. The van der Waals surface area contributed by atoms with Crippen LogP contribution in [0.4, 0.5) is 27.5 Å². The van der Waals surface area contributed by atoms with Crippen LogP contribution in [0.1, 0.15) is 5.56 Å². The first-order chi connectivity index (χ1) is 18.9. The van der Waals surface area contributed by atoms with Crippen molar-refractivity contribution in [3.05, 3.63) is 105 Å². The topological polar surface area (TPSA) is 205 Å². The third kappa shape index (κ3) is 5.54. The highest BCUT2D eigenvalue weighted by atomic mass is 79.9. The summed E-state index contributed by atoms with van der Waals surface area (Å²) in [6.07, 6.45) is 1.05. The lowest BCUT2D eigenvalue weighted by Gasteiger charge is -2.26. The standard InChI is InChI=1S/C23H11Br2N5O10/c24-12-6-11(20(17(25)8-12)40-19-5-4-15(29(36)37)10-18(19)30(38)39)7-16-21(31)26-23(33)27(22(16)32)13-2-1-3-14(9-13)28(34)35/h1-10H,(H,26,31,33)/b16-7+. The van der Waals surface area contributed by atoms with E-state index in [4.69, 9.17) is 4.74 Å². The van der Waals surface area contributed by atoms with Gasteiger partial charge in [-0.25, -0.2) is 9.69 Å². The predicted molar refractivity (Wildman–Crippen MR) is 144 cm³/mol. The first kappa shape index (κ1) is 28.0. The average molecular weight is 677 g/mol. The van der Waals surface area contributed by atoms with Crippen molar-refractivity contribution in [1.82, 2.24) is 5.32 Å². The Morgan fingerprint density at radius 2 is 1.52 bits per heavy atom. The van der Waals surface area contributed by atoms with Crippen LogP contribution >= 0.6 is 31.9 Å². The summed E-state index contributed by atoms with van der Waals surface area (Å²) in [5, 5.41) is 35.8. The minimum absolute atomic E-state index is 0.0285. The van der Waals surface area contributed by atoms with Gasteiger partial charge in [-0.05, 0) is 46.3 Å². The minimum atomic E-state index is -1.14. The van der Waals surface area contributed by atoms with E-state index in [1.807, 2.05) is 5.32 Å². The second-order valence-electron chi connectivity index (χ2n) is 7.81. The molecule has 1 N–H and O–H groups in total. The smallest absolute Gasteiger partial charge is 0.335 e. The number of nitro benzene ring substituents is 3. The van der Waals surface area contributed by atoms with Crippen molar-refractivity contribution in [1.29, 1.82) is 0 Å². The number of ether oxygens (including phenoxy) is 1. The zero-order chi connectivity index (χ0) is 29.3. The van der Waals surface area contributed by atoms with E-state index in [1.165, 1.54) is 24.3 Å². The maximum atomic E-state index is 13.3. The fraction of sp³-hybridized carbons (Fsp3) is 0. The fourth-order valence-corrected chi connectivity index (χ4v) is 4.89. The molecule has 4 rings (SSSR count). The Morgan fingerprint density at radius 3 is 2.17 bits per heavy atom. The van der Waals surface area contributed by atoms with Crippen molar-refractivity contribution in [3.63, 3.8) is 0 Å². The van der Waals surface area contributed by atoms with E-state index < -0.39 is 55.3 Å². The number of nitro groups is 3. The van der Waals surface area contributed by atoms with Gasteiger partial charge in [0, 0.05) is 28.2 Å². The highest BCUT2D eigenvalue weighted by Gasteiger charge is 2.37. The normalized spacial score (nSPS) is 14.2. The average Bonchev–Trinajstić information content (AvgIpc) is 2.88. The second-order valence-corrected chi connectivity index (χ2v) is 9.58. The lowest BCUT2D eigenvalue weighted by molar-refractivity contribution is -0.394. The molecule has 1 aliphatic rings. The molecule has 0 aromatic heterocycles. The van der Waals surface area contributed by atoms with Crippen LogP contribution in [-0.2, 0) is 9.59 Å². The Morgan fingerprint density at radius 1 is 0.850 bits per heavy atom. The van der Waals surface area contributed by atoms with Crippen molar-refractivity contribution in [2.45, 2.75) is 0 Å². The van der Waals surface area contributed by atoms with Crippen LogP contribution in [0.2, 0.25) is 0 Å². The van der Waals surface area contributed by atoms with E-state index in [1.54, 1.807) is 0 Å². The van der Waals surface area contributed by atoms with E-state index >= 15 is 0 Å². The molecule has 0 bridgehead atoms. The number of hydrogen-bond donors (Lipinski definition) is 1. The van der Waals surface area contributed by atoms with Gasteiger partial charge in [-0.3, -0.25) is 45.2 Å². The van der Waals surface area contributed by atoms with Crippen LogP contribution in [0.3, 0.4) is 0 Å². The molecule has 1 aliphatic heterocycles. The van der Waals surface area contributed by atoms with Gasteiger partial charge in [-0.2, -0.15) is 0 Å². The summed E-state index contributed by atoms with van der Waals surface area (Å²) >= 11 is 6.51. The van der Waals surface area contributed by atoms with Gasteiger partial charge in [-0.1, -0.05) is 22.0 Å². The van der Waals surface area contributed by atoms with Gasteiger partial charge in [0.25, 0.3) is 23.2 Å². The number of imide groups is 2.